The van der Waals surface area contributed by atoms with E-state index in [4.69, 9.17) is 4.74 Å². The minimum absolute atomic E-state index is 0.0476. The van der Waals surface area contributed by atoms with Gasteiger partial charge >= 0.3 is 5.69 Å². The summed E-state index contributed by atoms with van der Waals surface area (Å²) in [7, 11) is 1.57. The van der Waals surface area contributed by atoms with Crippen molar-refractivity contribution in [2.45, 2.75) is 33.9 Å². The molecule has 8 heteroatoms. The Bertz CT molecular complexity index is 1480. The average Bonchev–Trinajstić information content (AvgIpc) is 2.82. The summed E-state index contributed by atoms with van der Waals surface area (Å²) in [6, 6.07) is 14.3. The number of hydrogen-bond acceptors (Lipinski definition) is 5. The Morgan fingerprint density at radius 1 is 1.00 bits per heavy atom. The van der Waals surface area contributed by atoms with Crippen LogP contribution in [0.25, 0.3) is 11.0 Å². The highest BCUT2D eigenvalue weighted by Crippen LogP contribution is 2.22. The van der Waals surface area contributed by atoms with Crippen LogP contribution < -0.4 is 21.3 Å². The molecule has 8 nitrogen and oxygen atoms in total. The molecule has 34 heavy (non-hydrogen) atoms. The van der Waals surface area contributed by atoms with E-state index in [1.54, 1.807) is 43.5 Å². The SMILES string of the molecule is COc1ccc(Cn2c(=O)c3ncccc3n(CC(=O)Nc3c(C)cc(C)cc3C)c2=O)cc1. The number of pyridine rings is 1. The van der Waals surface area contributed by atoms with E-state index in [0.717, 1.165) is 32.5 Å². The summed E-state index contributed by atoms with van der Waals surface area (Å²) < 4.78 is 7.57. The number of nitrogens with zero attached hydrogens (tertiary/aromatic N) is 3. The van der Waals surface area contributed by atoms with Gasteiger partial charge in [0.15, 0.2) is 5.52 Å². The molecule has 1 N–H and O–H groups in total. The highest BCUT2D eigenvalue weighted by atomic mass is 16.5. The maximum Gasteiger partial charge on any atom is 0.332 e. The summed E-state index contributed by atoms with van der Waals surface area (Å²) in [5, 5.41) is 2.92. The van der Waals surface area contributed by atoms with Crippen molar-refractivity contribution in [3.63, 3.8) is 0 Å². The van der Waals surface area contributed by atoms with Crippen LogP contribution in [0, 0.1) is 20.8 Å². The third-order valence-electron chi connectivity index (χ3n) is 5.73. The number of benzene rings is 2. The van der Waals surface area contributed by atoms with Gasteiger partial charge in [0.25, 0.3) is 5.56 Å². The summed E-state index contributed by atoms with van der Waals surface area (Å²) in [6.45, 7) is 5.64. The van der Waals surface area contributed by atoms with E-state index in [2.05, 4.69) is 10.3 Å². The number of rotatable bonds is 6. The third-order valence-corrected chi connectivity index (χ3v) is 5.73. The molecule has 0 fully saturated rings. The number of ether oxygens (including phenoxy) is 1. The Labute approximate surface area is 196 Å². The molecule has 0 unspecified atom stereocenters. The molecule has 0 spiro atoms. The van der Waals surface area contributed by atoms with Crippen LogP contribution in [0.2, 0.25) is 0 Å². The van der Waals surface area contributed by atoms with Crippen molar-refractivity contribution < 1.29 is 9.53 Å². The molecule has 0 aliphatic heterocycles. The van der Waals surface area contributed by atoms with Gasteiger partial charge in [0.05, 0.1) is 19.2 Å². The van der Waals surface area contributed by atoms with Crippen LogP contribution in [0.1, 0.15) is 22.3 Å². The van der Waals surface area contributed by atoms with Crippen LogP contribution in [0.15, 0.2) is 64.3 Å². The molecule has 0 atom stereocenters. The van der Waals surface area contributed by atoms with Crippen LogP contribution in [0.5, 0.6) is 5.75 Å². The predicted octanol–water partition coefficient (Wildman–Crippen LogP) is 3.18. The topological polar surface area (TPSA) is 95.2 Å². The van der Waals surface area contributed by atoms with Gasteiger partial charge in [-0.25, -0.2) is 9.78 Å². The summed E-state index contributed by atoms with van der Waals surface area (Å²) in [5.41, 5.74) is 3.82. The first-order valence-electron chi connectivity index (χ1n) is 10.9. The lowest BCUT2D eigenvalue weighted by Gasteiger charge is -2.16. The van der Waals surface area contributed by atoms with Crippen LogP contribution in [-0.4, -0.2) is 27.1 Å². The predicted molar refractivity (Wildman–Crippen MR) is 132 cm³/mol. The van der Waals surface area contributed by atoms with Gasteiger partial charge in [0.1, 0.15) is 12.3 Å². The molecule has 2 heterocycles. The third kappa shape index (κ3) is 4.47. The van der Waals surface area contributed by atoms with E-state index in [-0.39, 0.29) is 24.5 Å². The van der Waals surface area contributed by atoms with E-state index in [0.29, 0.717) is 11.3 Å². The fourth-order valence-electron chi connectivity index (χ4n) is 4.15. The smallest absolute Gasteiger partial charge is 0.332 e. The Balaban J connectivity index is 1.74. The number of carbonyl (C=O) groups is 1. The second kappa shape index (κ2) is 9.35. The van der Waals surface area contributed by atoms with Crippen molar-refractivity contribution >= 4 is 22.6 Å². The molecule has 1 amide bonds. The van der Waals surface area contributed by atoms with E-state index < -0.39 is 11.2 Å². The molecule has 0 aliphatic carbocycles. The zero-order valence-corrected chi connectivity index (χ0v) is 19.6. The number of nitrogens with one attached hydrogen (secondary N) is 1. The number of fused-ring (bicyclic) bond motifs is 1. The van der Waals surface area contributed by atoms with Gasteiger partial charge in [-0.2, -0.15) is 0 Å². The number of amides is 1. The molecule has 0 bridgehead atoms. The summed E-state index contributed by atoms with van der Waals surface area (Å²) in [6.07, 6.45) is 1.50. The lowest BCUT2D eigenvalue weighted by molar-refractivity contribution is -0.116. The van der Waals surface area contributed by atoms with Crippen molar-refractivity contribution in [1.82, 2.24) is 14.1 Å². The monoisotopic (exact) mass is 458 g/mol. The minimum Gasteiger partial charge on any atom is -0.497 e. The number of anilines is 1. The maximum atomic E-state index is 13.4. The number of aryl methyl sites for hydroxylation is 3. The van der Waals surface area contributed by atoms with Gasteiger partial charge in [0, 0.05) is 11.9 Å². The maximum absolute atomic E-state index is 13.4. The van der Waals surface area contributed by atoms with Crippen molar-refractivity contribution in [3.8, 4) is 5.75 Å². The first-order valence-corrected chi connectivity index (χ1v) is 10.9. The lowest BCUT2D eigenvalue weighted by Crippen LogP contribution is -2.42. The van der Waals surface area contributed by atoms with Crippen LogP contribution in [0.4, 0.5) is 5.69 Å². The first-order chi connectivity index (χ1) is 16.3. The molecule has 2 aromatic carbocycles. The molecule has 2 aromatic heterocycles. The van der Waals surface area contributed by atoms with Gasteiger partial charge in [-0.15, -0.1) is 0 Å². The number of methoxy groups -OCH3 is 1. The van der Waals surface area contributed by atoms with Crippen molar-refractivity contribution in [2.75, 3.05) is 12.4 Å². The molecule has 4 aromatic rings. The molecule has 0 radical (unpaired) electrons. The average molecular weight is 459 g/mol. The standard InChI is InChI=1S/C26H26N4O4/c1-16-12-17(2)23(18(3)13-16)28-22(31)15-29-21-6-5-11-27-24(21)25(32)30(26(29)33)14-19-7-9-20(34-4)10-8-19/h5-13H,14-15H2,1-4H3,(H,28,31). The zero-order valence-electron chi connectivity index (χ0n) is 19.6. The second-order valence-electron chi connectivity index (χ2n) is 8.30. The molecule has 0 aliphatic rings. The normalized spacial score (nSPS) is 10.9. The Kier molecular flexibility index (Phi) is 6.32. The molecule has 0 saturated heterocycles. The molecule has 4 rings (SSSR count). The van der Waals surface area contributed by atoms with E-state index in [9.17, 15) is 14.4 Å². The number of hydrogen-bond donors (Lipinski definition) is 1. The zero-order chi connectivity index (χ0) is 24.4. The molecular weight excluding hydrogens is 432 g/mol. The highest BCUT2D eigenvalue weighted by molar-refractivity contribution is 5.93. The fraction of sp³-hybridized carbons (Fsp3) is 0.231. The van der Waals surface area contributed by atoms with Crippen LogP contribution in [-0.2, 0) is 17.9 Å². The number of aromatic nitrogens is 3. The Morgan fingerprint density at radius 3 is 2.32 bits per heavy atom. The van der Waals surface area contributed by atoms with Gasteiger partial charge < -0.3 is 10.1 Å². The molecular formula is C26H26N4O4. The van der Waals surface area contributed by atoms with Crippen molar-refractivity contribution in [3.05, 3.63) is 97.8 Å². The van der Waals surface area contributed by atoms with Gasteiger partial charge in [-0.3, -0.25) is 18.7 Å². The van der Waals surface area contributed by atoms with Gasteiger partial charge in [-0.1, -0.05) is 29.8 Å². The Hall–Kier alpha value is -4.20. The first kappa shape index (κ1) is 23.0. The summed E-state index contributed by atoms with van der Waals surface area (Å²) in [5.74, 6) is 0.309. The van der Waals surface area contributed by atoms with Crippen molar-refractivity contribution in [2.24, 2.45) is 0 Å². The quantitative estimate of drug-likeness (QED) is 0.479. The molecule has 174 valence electrons. The van der Waals surface area contributed by atoms with Crippen LogP contribution in [0.3, 0.4) is 0 Å². The van der Waals surface area contributed by atoms with E-state index >= 15 is 0 Å². The van der Waals surface area contributed by atoms with E-state index in [1.807, 2.05) is 32.9 Å². The highest BCUT2D eigenvalue weighted by Gasteiger charge is 2.17. The van der Waals surface area contributed by atoms with Crippen molar-refractivity contribution in [1.29, 1.82) is 0 Å². The number of carbonyl (C=O) groups excluding carboxylic acids is 1. The fourth-order valence-corrected chi connectivity index (χ4v) is 4.15. The summed E-state index contributed by atoms with van der Waals surface area (Å²) >= 11 is 0. The Morgan fingerprint density at radius 2 is 1.68 bits per heavy atom. The minimum atomic E-state index is -0.575. The van der Waals surface area contributed by atoms with E-state index in [1.165, 1.54) is 10.8 Å². The lowest BCUT2D eigenvalue weighted by atomic mass is 10.1. The largest absolute Gasteiger partial charge is 0.497 e. The van der Waals surface area contributed by atoms with Gasteiger partial charge in [-0.05, 0) is 61.7 Å². The second-order valence-corrected chi connectivity index (χ2v) is 8.30. The molecule has 0 saturated carbocycles. The van der Waals surface area contributed by atoms with Crippen LogP contribution >= 0.6 is 0 Å². The van der Waals surface area contributed by atoms with Gasteiger partial charge in [0.2, 0.25) is 5.91 Å². The summed E-state index contributed by atoms with van der Waals surface area (Å²) in [4.78, 5) is 43.7.